The van der Waals surface area contributed by atoms with Crippen molar-refractivity contribution in [2.24, 2.45) is 5.84 Å². The number of aromatic nitrogens is 1. The third-order valence-electron chi connectivity index (χ3n) is 3.20. The van der Waals surface area contributed by atoms with Crippen molar-refractivity contribution in [1.82, 2.24) is 9.88 Å². The lowest BCUT2D eigenvalue weighted by Gasteiger charge is -2.32. The van der Waals surface area contributed by atoms with Crippen LogP contribution in [-0.4, -0.2) is 35.6 Å². The van der Waals surface area contributed by atoms with Gasteiger partial charge in [0.2, 0.25) is 0 Å². The van der Waals surface area contributed by atoms with Gasteiger partial charge >= 0.3 is 0 Å². The maximum absolute atomic E-state index is 5.35. The topological polar surface area (TPSA) is 66.2 Å². The van der Waals surface area contributed by atoms with E-state index in [1.807, 2.05) is 18.2 Å². The zero-order valence-electron chi connectivity index (χ0n) is 10.3. The van der Waals surface area contributed by atoms with Gasteiger partial charge in [0.25, 0.3) is 0 Å². The Kier molecular flexibility index (Phi) is 4.17. The monoisotopic (exact) mass is 235 g/mol. The highest BCUT2D eigenvalue weighted by Crippen LogP contribution is 2.15. The Morgan fingerprint density at radius 2 is 2.29 bits per heavy atom. The largest absolute Gasteiger partial charge is 0.366 e. The molecular formula is C12H21N5. The standard InChI is InChI=1S/C12H21N5/c1-2-17-8-4-5-10(9-17)14-11-6-3-7-12(15-11)16-13/h3,6-7,10H,2,4-5,8-9,13H2,1H3,(H2,14,15,16). The van der Waals surface area contributed by atoms with Crippen molar-refractivity contribution < 1.29 is 0 Å². The van der Waals surface area contributed by atoms with Crippen LogP contribution in [0.25, 0.3) is 0 Å². The number of rotatable bonds is 4. The zero-order chi connectivity index (χ0) is 12.1. The molecule has 2 heterocycles. The number of hydrogen-bond donors (Lipinski definition) is 3. The molecule has 0 spiro atoms. The average Bonchev–Trinajstić information content (AvgIpc) is 2.39. The number of nitrogens with one attached hydrogen (secondary N) is 2. The van der Waals surface area contributed by atoms with Crippen molar-refractivity contribution in [3.8, 4) is 0 Å². The minimum atomic E-state index is 0.490. The van der Waals surface area contributed by atoms with Crippen LogP contribution in [0.5, 0.6) is 0 Å². The number of likely N-dealkylation sites (tertiary alicyclic amines) is 1. The molecular weight excluding hydrogens is 214 g/mol. The van der Waals surface area contributed by atoms with Crippen LogP contribution in [0.4, 0.5) is 11.6 Å². The maximum Gasteiger partial charge on any atom is 0.142 e. The number of hydrazine groups is 1. The van der Waals surface area contributed by atoms with E-state index in [0.29, 0.717) is 11.9 Å². The van der Waals surface area contributed by atoms with Crippen LogP contribution in [0, 0.1) is 0 Å². The summed E-state index contributed by atoms with van der Waals surface area (Å²) in [4.78, 5) is 6.83. The van der Waals surface area contributed by atoms with E-state index in [0.717, 1.165) is 18.9 Å². The molecule has 1 saturated heterocycles. The molecule has 1 fully saturated rings. The molecule has 1 aromatic heterocycles. The van der Waals surface area contributed by atoms with E-state index < -0.39 is 0 Å². The number of nitrogen functional groups attached to an aromatic ring is 1. The second-order valence-electron chi connectivity index (χ2n) is 4.43. The first-order chi connectivity index (χ1) is 8.31. The molecule has 0 saturated carbocycles. The number of hydrogen-bond acceptors (Lipinski definition) is 5. The molecule has 1 aliphatic rings. The molecule has 1 unspecified atom stereocenters. The Morgan fingerprint density at radius 3 is 3.06 bits per heavy atom. The molecule has 0 aromatic carbocycles. The Balaban J connectivity index is 1.95. The summed E-state index contributed by atoms with van der Waals surface area (Å²) >= 11 is 0. The van der Waals surface area contributed by atoms with Gasteiger partial charge in [0.1, 0.15) is 11.6 Å². The Hall–Kier alpha value is -1.33. The highest BCUT2D eigenvalue weighted by molar-refractivity contribution is 5.44. The fourth-order valence-corrected chi connectivity index (χ4v) is 2.27. The van der Waals surface area contributed by atoms with Crippen molar-refractivity contribution in [3.63, 3.8) is 0 Å². The highest BCUT2D eigenvalue weighted by atomic mass is 15.3. The molecule has 1 aliphatic heterocycles. The van der Waals surface area contributed by atoms with E-state index in [-0.39, 0.29) is 0 Å². The first kappa shape index (κ1) is 12.1. The Morgan fingerprint density at radius 1 is 1.47 bits per heavy atom. The van der Waals surface area contributed by atoms with E-state index in [9.17, 15) is 0 Å². The zero-order valence-corrected chi connectivity index (χ0v) is 10.3. The summed E-state index contributed by atoms with van der Waals surface area (Å²) in [6, 6.07) is 6.27. The Labute approximate surface area is 102 Å². The highest BCUT2D eigenvalue weighted by Gasteiger charge is 2.18. The molecule has 0 amide bonds. The molecule has 4 N–H and O–H groups in total. The van der Waals surface area contributed by atoms with Crippen LogP contribution in [0.1, 0.15) is 19.8 Å². The minimum absolute atomic E-state index is 0.490. The van der Waals surface area contributed by atoms with Gasteiger partial charge in [0, 0.05) is 12.6 Å². The summed E-state index contributed by atoms with van der Waals surface area (Å²) in [5.41, 5.74) is 2.56. The van der Waals surface area contributed by atoms with Gasteiger partial charge in [-0.2, -0.15) is 0 Å². The molecule has 17 heavy (non-hydrogen) atoms. The van der Waals surface area contributed by atoms with Crippen molar-refractivity contribution in [1.29, 1.82) is 0 Å². The van der Waals surface area contributed by atoms with Crippen molar-refractivity contribution in [3.05, 3.63) is 18.2 Å². The second-order valence-corrected chi connectivity index (χ2v) is 4.43. The first-order valence-electron chi connectivity index (χ1n) is 6.24. The summed E-state index contributed by atoms with van der Waals surface area (Å²) in [7, 11) is 0. The summed E-state index contributed by atoms with van der Waals surface area (Å²) in [5, 5.41) is 3.47. The van der Waals surface area contributed by atoms with Gasteiger partial charge in [-0.1, -0.05) is 13.0 Å². The predicted octanol–water partition coefficient (Wildman–Crippen LogP) is 1.26. The van der Waals surface area contributed by atoms with Crippen LogP contribution in [0.15, 0.2) is 18.2 Å². The molecule has 1 aromatic rings. The molecule has 5 nitrogen and oxygen atoms in total. The summed E-state index contributed by atoms with van der Waals surface area (Å²) < 4.78 is 0. The molecule has 0 radical (unpaired) electrons. The number of piperidine rings is 1. The third kappa shape index (κ3) is 3.31. The van der Waals surface area contributed by atoms with Crippen molar-refractivity contribution >= 4 is 11.6 Å². The van der Waals surface area contributed by atoms with Crippen molar-refractivity contribution in [2.45, 2.75) is 25.8 Å². The molecule has 0 aliphatic carbocycles. The number of anilines is 2. The lowest BCUT2D eigenvalue weighted by atomic mass is 10.1. The smallest absolute Gasteiger partial charge is 0.142 e. The van der Waals surface area contributed by atoms with Crippen LogP contribution in [0.2, 0.25) is 0 Å². The first-order valence-corrected chi connectivity index (χ1v) is 6.24. The fourth-order valence-electron chi connectivity index (χ4n) is 2.27. The normalized spacial score (nSPS) is 21.2. The van der Waals surface area contributed by atoms with Crippen LogP contribution in [0.3, 0.4) is 0 Å². The van der Waals surface area contributed by atoms with E-state index in [1.165, 1.54) is 19.4 Å². The molecule has 5 heteroatoms. The third-order valence-corrected chi connectivity index (χ3v) is 3.20. The van der Waals surface area contributed by atoms with Crippen LogP contribution in [-0.2, 0) is 0 Å². The van der Waals surface area contributed by atoms with Gasteiger partial charge in [-0.3, -0.25) is 0 Å². The average molecular weight is 235 g/mol. The van der Waals surface area contributed by atoms with E-state index in [1.54, 1.807) is 0 Å². The van der Waals surface area contributed by atoms with Crippen molar-refractivity contribution in [2.75, 3.05) is 30.4 Å². The van der Waals surface area contributed by atoms with Gasteiger partial charge in [-0.15, -0.1) is 0 Å². The molecule has 2 rings (SSSR count). The molecule has 94 valence electrons. The van der Waals surface area contributed by atoms with Gasteiger partial charge in [-0.05, 0) is 38.1 Å². The number of likely N-dealkylation sites (N-methyl/N-ethyl adjacent to an activating group) is 1. The van der Waals surface area contributed by atoms with E-state index >= 15 is 0 Å². The number of nitrogens with two attached hydrogens (primary N) is 1. The predicted molar refractivity (Wildman–Crippen MR) is 70.8 cm³/mol. The van der Waals surface area contributed by atoms with Crippen LogP contribution >= 0.6 is 0 Å². The summed E-state index contributed by atoms with van der Waals surface area (Å²) in [6.45, 7) is 5.64. The van der Waals surface area contributed by atoms with E-state index in [4.69, 9.17) is 5.84 Å². The maximum atomic E-state index is 5.35. The Bertz CT molecular complexity index is 355. The molecule has 1 atom stereocenters. The fraction of sp³-hybridized carbons (Fsp3) is 0.583. The lowest BCUT2D eigenvalue weighted by molar-refractivity contribution is 0.226. The minimum Gasteiger partial charge on any atom is -0.366 e. The second kappa shape index (κ2) is 5.84. The quantitative estimate of drug-likeness (QED) is 0.541. The van der Waals surface area contributed by atoms with Gasteiger partial charge < -0.3 is 15.6 Å². The lowest BCUT2D eigenvalue weighted by Crippen LogP contribution is -2.41. The van der Waals surface area contributed by atoms with Gasteiger partial charge in [0.05, 0.1) is 0 Å². The van der Waals surface area contributed by atoms with Gasteiger partial charge in [0.15, 0.2) is 0 Å². The summed E-state index contributed by atoms with van der Waals surface area (Å²) in [5.74, 6) is 6.93. The summed E-state index contributed by atoms with van der Waals surface area (Å²) in [6.07, 6.45) is 2.46. The SMILES string of the molecule is CCN1CCCC(Nc2cccc(NN)n2)C1. The van der Waals surface area contributed by atoms with Gasteiger partial charge in [-0.25, -0.2) is 10.8 Å². The van der Waals surface area contributed by atoms with E-state index in [2.05, 4.69) is 27.6 Å². The van der Waals surface area contributed by atoms with Crippen LogP contribution < -0.4 is 16.6 Å². The molecule has 0 bridgehead atoms. The number of nitrogens with zero attached hydrogens (tertiary/aromatic N) is 2. The number of pyridine rings is 1.